The quantitative estimate of drug-likeness (QED) is 0.586. The molecule has 0 atom stereocenters. The van der Waals surface area contributed by atoms with E-state index in [-0.39, 0.29) is 29.2 Å². The molecule has 0 bridgehead atoms. The van der Waals surface area contributed by atoms with Crippen LogP contribution in [0.3, 0.4) is 0 Å². The highest BCUT2D eigenvalue weighted by atomic mass is 32.2. The fourth-order valence-corrected chi connectivity index (χ4v) is 6.10. The summed E-state index contributed by atoms with van der Waals surface area (Å²) in [5.41, 5.74) is 0.620. The Bertz CT molecular complexity index is 1240. The van der Waals surface area contributed by atoms with E-state index in [4.69, 9.17) is 0 Å². The Kier molecular flexibility index (Phi) is 6.52. The van der Waals surface area contributed by atoms with Gasteiger partial charge in [0, 0.05) is 26.2 Å². The Hall–Kier alpha value is -2.47. The number of aromatic nitrogens is 1. The number of hydrogen-bond donors (Lipinski definition) is 1. The van der Waals surface area contributed by atoms with Crippen molar-refractivity contribution < 1.29 is 22.0 Å². The molecule has 2 heterocycles. The zero-order chi connectivity index (χ0) is 22.9. The fraction of sp³-hybridized carbons (Fsp3) is 0.333. The molecule has 0 aliphatic carbocycles. The van der Waals surface area contributed by atoms with Crippen molar-refractivity contribution in [3.63, 3.8) is 0 Å². The molecule has 0 radical (unpaired) electrons. The zero-order valence-corrected chi connectivity index (χ0v) is 18.9. The van der Waals surface area contributed by atoms with Crippen LogP contribution in [0.15, 0.2) is 47.4 Å². The maximum atomic E-state index is 13.5. The standard InChI is InChI=1S/C21H22F2N4O3S2/c1-26(32(29,30)17-4-2-3-14(22)11-17)16-7-9-27(10-8-16)13-20(28)25-21-24-18-6-5-15(23)12-19(18)31-21/h2-6,11-12,16H,7-10,13H2,1H3,(H,24,25,28). The lowest BCUT2D eigenvalue weighted by molar-refractivity contribution is -0.117. The van der Waals surface area contributed by atoms with Crippen LogP contribution >= 0.6 is 11.3 Å². The van der Waals surface area contributed by atoms with Crippen molar-refractivity contribution in [3.05, 3.63) is 54.1 Å². The molecule has 1 fully saturated rings. The van der Waals surface area contributed by atoms with Crippen LogP contribution in [0, 0.1) is 11.6 Å². The van der Waals surface area contributed by atoms with Gasteiger partial charge in [-0.2, -0.15) is 4.31 Å². The van der Waals surface area contributed by atoms with Gasteiger partial charge in [0.15, 0.2) is 5.13 Å². The first-order valence-electron chi connectivity index (χ1n) is 10.0. The second-order valence-corrected chi connectivity index (χ2v) is 10.7. The molecule has 7 nitrogen and oxygen atoms in total. The summed E-state index contributed by atoms with van der Waals surface area (Å²) in [5.74, 6) is -1.19. The van der Waals surface area contributed by atoms with E-state index in [0.29, 0.717) is 41.3 Å². The van der Waals surface area contributed by atoms with E-state index < -0.39 is 15.8 Å². The number of likely N-dealkylation sites (tertiary alicyclic amines) is 1. The molecule has 1 amide bonds. The summed E-state index contributed by atoms with van der Waals surface area (Å²) in [6.45, 7) is 1.25. The van der Waals surface area contributed by atoms with Gasteiger partial charge in [-0.25, -0.2) is 22.2 Å². The maximum absolute atomic E-state index is 13.5. The molecule has 1 saturated heterocycles. The SMILES string of the molecule is CN(C1CCN(CC(=O)Nc2nc3ccc(F)cc3s2)CC1)S(=O)(=O)c1cccc(F)c1. The number of hydrogen-bond acceptors (Lipinski definition) is 6. The molecule has 0 saturated carbocycles. The molecular formula is C21H22F2N4O3S2. The van der Waals surface area contributed by atoms with Crippen LogP contribution in [0.5, 0.6) is 0 Å². The Morgan fingerprint density at radius 3 is 2.62 bits per heavy atom. The summed E-state index contributed by atoms with van der Waals surface area (Å²) in [6, 6.07) is 9.00. The third-order valence-corrected chi connectivity index (χ3v) is 8.35. The Morgan fingerprint density at radius 1 is 1.19 bits per heavy atom. The van der Waals surface area contributed by atoms with Gasteiger partial charge < -0.3 is 5.32 Å². The van der Waals surface area contributed by atoms with Crippen molar-refractivity contribution in [2.75, 3.05) is 32.0 Å². The lowest BCUT2D eigenvalue weighted by Gasteiger charge is -2.35. The highest BCUT2D eigenvalue weighted by molar-refractivity contribution is 7.89. The van der Waals surface area contributed by atoms with Gasteiger partial charge in [0.1, 0.15) is 11.6 Å². The Balaban J connectivity index is 1.31. The van der Waals surface area contributed by atoms with Crippen LogP contribution in [0.1, 0.15) is 12.8 Å². The van der Waals surface area contributed by atoms with E-state index in [1.807, 2.05) is 4.90 Å². The fourth-order valence-electron chi connectivity index (χ4n) is 3.74. The molecule has 4 rings (SSSR count). The molecule has 1 N–H and O–H groups in total. The van der Waals surface area contributed by atoms with Gasteiger partial charge in [-0.1, -0.05) is 17.4 Å². The van der Waals surface area contributed by atoms with Gasteiger partial charge in [0.05, 0.1) is 21.7 Å². The smallest absolute Gasteiger partial charge is 0.243 e. The predicted molar refractivity (Wildman–Crippen MR) is 119 cm³/mol. The molecule has 11 heteroatoms. The lowest BCUT2D eigenvalue weighted by atomic mass is 10.1. The van der Waals surface area contributed by atoms with Gasteiger partial charge in [0.25, 0.3) is 0 Å². The highest BCUT2D eigenvalue weighted by Gasteiger charge is 2.31. The predicted octanol–water partition coefficient (Wildman–Crippen LogP) is 3.30. The number of fused-ring (bicyclic) bond motifs is 1. The van der Waals surface area contributed by atoms with Crippen molar-refractivity contribution in [1.29, 1.82) is 0 Å². The number of benzene rings is 2. The molecular weight excluding hydrogens is 458 g/mol. The van der Waals surface area contributed by atoms with Crippen LogP contribution in [0.2, 0.25) is 0 Å². The molecule has 0 spiro atoms. The van der Waals surface area contributed by atoms with E-state index >= 15 is 0 Å². The van der Waals surface area contributed by atoms with Gasteiger partial charge in [-0.05, 0) is 49.2 Å². The van der Waals surface area contributed by atoms with E-state index in [2.05, 4.69) is 10.3 Å². The number of amides is 1. The number of piperidine rings is 1. The number of anilines is 1. The number of nitrogens with zero attached hydrogens (tertiary/aromatic N) is 3. The van der Waals surface area contributed by atoms with Crippen LogP contribution in [-0.2, 0) is 14.8 Å². The number of rotatable bonds is 6. The molecule has 0 unspecified atom stereocenters. The van der Waals surface area contributed by atoms with Crippen LogP contribution in [0.4, 0.5) is 13.9 Å². The van der Waals surface area contributed by atoms with Crippen molar-refractivity contribution in [2.24, 2.45) is 0 Å². The van der Waals surface area contributed by atoms with E-state index in [1.165, 1.54) is 53.0 Å². The maximum Gasteiger partial charge on any atom is 0.243 e. The molecule has 1 aliphatic rings. The molecule has 1 aromatic heterocycles. The molecule has 170 valence electrons. The Morgan fingerprint density at radius 2 is 1.91 bits per heavy atom. The van der Waals surface area contributed by atoms with Crippen molar-refractivity contribution in [1.82, 2.24) is 14.2 Å². The van der Waals surface area contributed by atoms with E-state index in [1.54, 1.807) is 6.07 Å². The minimum Gasteiger partial charge on any atom is -0.301 e. The summed E-state index contributed by atoms with van der Waals surface area (Å²) in [6.07, 6.45) is 1.11. The second-order valence-electron chi connectivity index (χ2n) is 7.67. The lowest BCUT2D eigenvalue weighted by Crippen LogP contribution is -2.47. The normalized spacial score (nSPS) is 16.0. The first-order valence-corrected chi connectivity index (χ1v) is 12.3. The monoisotopic (exact) mass is 480 g/mol. The third kappa shape index (κ3) is 4.96. The minimum atomic E-state index is -3.80. The van der Waals surface area contributed by atoms with Crippen molar-refractivity contribution in [3.8, 4) is 0 Å². The number of halogens is 2. The summed E-state index contributed by atoms with van der Waals surface area (Å²) in [4.78, 5) is 18.6. The largest absolute Gasteiger partial charge is 0.301 e. The zero-order valence-electron chi connectivity index (χ0n) is 17.3. The number of carbonyl (C=O) groups excluding carboxylic acids is 1. The summed E-state index contributed by atoms with van der Waals surface area (Å²) < 4.78 is 54.3. The molecule has 3 aromatic rings. The van der Waals surface area contributed by atoms with Crippen molar-refractivity contribution in [2.45, 2.75) is 23.8 Å². The molecule has 2 aromatic carbocycles. The average molecular weight is 481 g/mol. The van der Waals surface area contributed by atoms with Crippen LogP contribution in [0.25, 0.3) is 10.2 Å². The minimum absolute atomic E-state index is 0.0717. The molecule has 1 aliphatic heterocycles. The second kappa shape index (κ2) is 9.18. The summed E-state index contributed by atoms with van der Waals surface area (Å²) in [5, 5.41) is 3.15. The molecule has 32 heavy (non-hydrogen) atoms. The first-order chi connectivity index (χ1) is 15.2. The van der Waals surface area contributed by atoms with E-state index in [9.17, 15) is 22.0 Å². The van der Waals surface area contributed by atoms with Gasteiger partial charge in [-0.3, -0.25) is 9.69 Å². The average Bonchev–Trinajstić information content (AvgIpc) is 3.14. The number of thiazole rings is 1. The Labute approximate surface area is 188 Å². The van der Waals surface area contributed by atoms with E-state index in [0.717, 1.165) is 6.07 Å². The van der Waals surface area contributed by atoms with Gasteiger partial charge >= 0.3 is 0 Å². The first kappa shape index (κ1) is 22.7. The van der Waals surface area contributed by atoms with Gasteiger partial charge in [0.2, 0.25) is 15.9 Å². The topological polar surface area (TPSA) is 82.6 Å². The number of nitrogens with one attached hydrogen (secondary N) is 1. The van der Waals surface area contributed by atoms with Crippen LogP contribution in [-0.4, -0.2) is 61.2 Å². The van der Waals surface area contributed by atoms with Gasteiger partial charge in [-0.15, -0.1) is 0 Å². The summed E-state index contributed by atoms with van der Waals surface area (Å²) >= 11 is 1.21. The number of carbonyl (C=O) groups is 1. The number of sulfonamides is 1. The third-order valence-electron chi connectivity index (χ3n) is 5.51. The van der Waals surface area contributed by atoms with Crippen molar-refractivity contribution >= 4 is 42.6 Å². The summed E-state index contributed by atoms with van der Waals surface area (Å²) in [7, 11) is -2.29. The highest BCUT2D eigenvalue weighted by Crippen LogP contribution is 2.27. The van der Waals surface area contributed by atoms with Crippen LogP contribution < -0.4 is 5.32 Å².